The molecule has 0 spiro atoms. The summed E-state index contributed by atoms with van der Waals surface area (Å²) >= 11 is 0. The van der Waals surface area contributed by atoms with Gasteiger partial charge in [-0.1, -0.05) is 0 Å². The van der Waals surface area contributed by atoms with E-state index in [4.69, 9.17) is 9.84 Å². The van der Waals surface area contributed by atoms with Crippen LogP contribution >= 0.6 is 0 Å². The Morgan fingerprint density at radius 2 is 1.94 bits per heavy atom. The predicted molar refractivity (Wildman–Crippen MR) is 58.1 cm³/mol. The molecular formula is C11H19NO4. The van der Waals surface area contributed by atoms with Crippen molar-refractivity contribution >= 4 is 11.9 Å². The first kappa shape index (κ1) is 13.0. The minimum absolute atomic E-state index is 0.138. The second-order valence-corrected chi connectivity index (χ2v) is 3.97. The van der Waals surface area contributed by atoms with Gasteiger partial charge in [0.2, 0.25) is 0 Å². The first-order chi connectivity index (χ1) is 7.63. The van der Waals surface area contributed by atoms with Gasteiger partial charge in [0, 0.05) is 19.1 Å². The third kappa shape index (κ3) is 5.11. The molecule has 0 radical (unpaired) electrons. The van der Waals surface area contributed by atoms with E-state index in [1.807, 2.05) is 0 Å². The van der Waals surface area contributed by atoms with Crippen molar-refractivity contribution in [3.05, 3.63) is 0 Å². The van der Waals surface area contributed by atoms with Gasteiger partial charge in [-0.2, -0.15) is 0 Å². The first-order valence-electron chi connectivity index (χ1n) is 5.75. The Hall–Kier alpha value is -1.10. The molecule has 1 rings (SSSR count). The number of esters is 1. The molecule has 0 aromatic rings. The van der Waals surface area contributed by atoms with Crippen molar-refractivity contribution in [2.45, 2.75) is 38.6 Å². The molecule has 16 heavy (non-hydrogen) atoms. The molecule has 1 fully saturated rings. The Kier molecular flexibility index (Phi) is 5.25. The summed E-state index contributed by atoms with van der Waals surface area (Å²) in [6.07, 6.45) is 2.72. The summed E-state index contributed by atoms with van der Waals surface area (Å²) in [5.74, 6) is -0.995. The zero-order valence-corrected chi connectivity index (χ0v) is 9.65. The molecule has 5 heteroatoms. The maximum atomic E-state index is 11.2. The van der Waals surface area contributed by atoms with Crippen molar-refractivity contribution in [2.24, 2.45) is 0 Å². The van der Waals surface area contributed by atoms with Crippen LogP contribution in [0.3, 0.4) is 0 Å². The van der Waals surface area contributed by atoms with E-state index in [0.29, 0.717) is 32.2 Å². The van der Waals surface area contributed by atoms with Gasteiger partial charge < -0.3 is 9.84 Å². The highest BCUT2D eigenvalue weighted by molar-refractivity contribution is 5.69. The molecule has 0 saturated heterocycles. The van der Waals surface area contributed by atoms with Crippen LogP contribution in [0.1, 0.15) is 32.6 Å². The largest absolute Gasteiger partial charge is 0.481 e. The first-order valence-corrected chi connectivity index (χ1v) is 5.75. The van der Waals surface area contributed by atoms with Crippen LogP contribution in [0.2, 0.25) is 0 Å². The lowest BCUT2D eigenvalue weighted by Gasteiger charge is -2.20. The van der Waals surface area contributed by atoms with Crippen LogP contribution in [-0.2, 0) is 14.3 Å². The number of nitrogens with zero attached hydrogens (tertiary/aromatic N) is 1. The summed E-state index contributed by atoms with van der Waals surface area (Å²) in [4.78, 5) is 23.7. The van der Waals surface area contributed by atoms with Gasteiger partial charge in [0.15, 0.2) is 0 Å². The molecule has 0 heterocycles. The number of aliphatic carboxylic acids is 1. The average Bonchev–Trinajstić information content (AvgIpc) is 3.01. The molecule has 0 atom stereocenters. The molecule has 1 aliphatic carbocycles. The van der Waals surface area contributed by atoms with E-state index in [9.17, 15) is 9.59 Å². The highest BCUT2D eigenvalue weighted by atomic mass is 16.5. The fourth-order valence-corrected chi connectivity index (χ4v) is 1.62. The number of carboxylic acid groups (broad SMARTS) is 1. The van der Waals surface area contributed by atoms with Gasteiger partial charge in [0.05, 0.1) is 19.4 Å². The number of hydrogen-bond acceptors (Lipinski definition) is 4. The van der Waals surface area contributed by atoms with E-state index >= 15 is 0 Å². The van der Waals surface area contributed by atoms with E-state index in [0.717, 1.165) is 12.8 Å². The standard InChI is InChI=1S/C11H19NO4/c1-2-16-11(15)6-8-12(9-3-4-9)7-5-10(13)14/h9H,2-8H2,1H3,(H,13,14). The lowest BCUT2D eigenvalue weighted by Crippen LogP contribution is -2.31. The summed E-state index contributed by atoms with van der Waals surface area (Å²) in [5, 5.41) is 8.61. The van der Waals surface area contributed by atoms with Gasteiger partial charge in [-0.3, -0.25) is 14.5 Å². The maximum absolute atomic E-state index is 11.2. The molecule has 0 aromatic heterocycles. The van der Waals surface area contributed by atoms with Crippen molar-refractivity contribution in [2.75, 3.05) is 19.7 Å². The van der Waals surface area contributed by atoms with Crippen molar-refractivity contribution < 1.29 is 19.4 Å². The second kappa shape index (κ2) is 6.48. The Morgan fingerprint density at radius 1 is 1.31 bits per heavy atom. The number of rotatable bonds is 8. The Bertz CT molecular complexity index is 250. The number of carbonyl (C=O) groups is 2. The summed E-state index contributed by atoms with van der Waals surface area (Å²) in [7, 11) is 0. The van der Waals surface area contributed by atoms with Crippen LogP contribution in [-0.4, -0.2) is 47.7 Å². The number of ether oxygens (including phenoxy) is 1. The molecule has 1 aliphatic rings. The third-order valence-electron chi connectivity index (χ3n) is 2.58. The SMILES string of the molecule is CCOC(=O)CCN(CCC(=O)O)C1CC1. The number of carboxylic acids is 1. The molecule has 1 saturated carbocycles. The van der Waals surface area contributed by atoms with Gasteiger partial charge in [-0.25, -0.2) is 0 Å². The minimum Gasteiger partial charge on any atom is -0.481 e. The molecule has 1 N–H and O–H groups in total. The molecule has 0 unspecified atom stereocenters. The van der Waals surface area contributed by atoms with Crippen molar-refractivity contribution in [3.8, 4) is 0 Å². The van der Waals surface area contributed by atoms with Gasteiger partial charge in [0.25, 0.3) is 0 Å². The quantitative estimate of drug-likeness (QED) is 0.626. The maximum Gasteiger partial charge on any atom is 0.307 e. The van der Waals surface area contributed by atoms with Crippen LogP contribution in [0.25, 0.3) is 0 Å². The summed E-state index contributed by atoms with van der Waals surface area (Å²) < 4.78 is 4.84. The summed E-state index contributed by atoms with van der Waals surface area (Å²) in [6.45, 7) is 3.31. The topological polar surface area (TPSA) is 66.8 Å². The fourth-order valence-electron chi connectivity index (χ4n) is 1.62. The highest BCUT2D eigenvalue weighted by Crippen LogP contribution is 2.26. The monoisotopic (exact) mass is 229 g/mol. The average molecular weight is 229 g/mol. The van der Waals surface area contributed by atoms with Crippen molar-refractivity contribution in [3.63, 3.8) is 0 Å². The molecule has 0 amide bonds. The normalized spacial score (nSPS) is 15.1. The van der Waals surface area contributed by atoms with Crippen molar-refractivity contribution in [1.29, 1.82) is 0 Å². The summed E-state index contributed by atoms with van der Waals surface area (Å²) in [6, 6.07) is 0.480. The summed E-state index contributed by atoms with van der Waals surface area (Å²) in [5.41, 5.74) is 0. The van der Waals surface area contributed by atoms with Crippen LogP contribution in [0.5, 0.6) is 0 Å². The van der Waals surface area contributed by atoms with Crippen molar-refractivity contribution in [1.82, 2.24) is 4.90 Å². The van der Waals surface area contributed by atoms with E-state index in [1.54, 1.807) is 6.92 Å². The third-order valence-corrected chi connectivity index (χ3v) is 2.58. The zero-order valence-electron chi connectivity index (χ0n) is 9.65. The van der Waals surface area contributed by atoms with Gasteiger partial charge in [-0.05, 0) is 19.8 Å². The van der Waals surface area contributed by atoms with Gasteiger partial charge in [-0.15, -0.1) is 0 Å². The lowest BCUT2D eigenvalue weighted by atomic mass is 10.3. The minimum atomic E-state index is -0.790. The Morgan fingerprint density at radius 3 is 2.44 bits per heavy atom. The van der Waals surface area contributed by atoms with Crippen LogP contribution in [0.4, 0.5) is 0 Å². The van der Waals surface area contributed by atoms with E-state index < -0.39 is 5.97 Å². The Labute approximate surface area is 95.4 Å². The van der Waals surface area contributed by atoms with Gasteiger partial charge >= 0.3 is 11.9 Å². The zero-order chi connectivity index (χ0) is 12.0. The molecule has 92 valence electrons. The number of carbonyl (C=O) groups excluding carboxylic acids is 1. The smallest absolute Gasteiger partial charge is 0.307 e. The van der Waals surface area contributed by atoms with Crippen LogP contribution in [0, 0.1) is 0 Å². The van der Waals surface area contributed by atoms with Crippen LogP contribution < -0.4 is 0 Å². The lowest BCUT2D eigenvalue weighted by molar-refractivity contribution is -0.143. The molecule has 5 nitrogen and oxygen atoms in total. The highest BCUT2D eigenvalue weighted by Gasteiger charge is 2.29. The molecule has 0 aliphatic heterocycles. The Balaban J connectivity index is 2.22. The molecular weight excluding hydrogens is 210 g/mol. The van der Waals surface area contributed by atoms with E-state index in [2.05, 4.69) is 4.90 Å². The number of hydrogen-bond donors (Lipinski definition) is 1. The van der Waals surface area contributed by atoms with E-state index in [-0.39, 0.29) is 12.4 Å². The molecule has 0 bridgehead atoms. The van der Waals surface area contributed by atoms with Gasteiger partial charge in [0.1, 0.15) is 0 Å². The fraction of sp³-hybridized carbons (Fsp3) is 0.818. The van der Waals surface area contributed by atoms with E-state index in [1.165, 1.54) is 0 Å². The predicted octanol–water partition coefficient (Wildman–Crippen LogP) is 0.879. The molecule has 0 aromatic carbocycles. The second-order valence-electron chi connectivity index (χ2n) is 3.97. The van der Waals surface area contributed by atoms with Crippen LogP contribution in [0.15, 0.2) is 0 Å².